The maximum absolute atomic E-state index is 4.64. The molecule has 1 saturated heterocycles. The summed E-state index contributed by atoms with van der Waals surface area (Å²) in [4.78, 5) is 11.6. The van der Waals surface area contributed by atoms with Crippen LogP contribution in [0.5, 0.6) is 0 Å². The first kappa shape index (κ1) is 24.1. The topological polar surface area (TPSA) is 69.7 Å². The summed E-state index contributed by atoms with van der Waals surface area (Å²) in [6, 6.07) is 12.6. The Labute approximate surface area is 214 Å². The van der Waals surface area contributed by atoms with Gasteiger partial charge in [0.25, 0.3) is 0 Å². The van der Waals surface area contributed by atoms with E-state index >= 15 is 0 Å². The minimum Gasteiger partial charge on any atom is -0.370 e. The second-order valence-electron chi connectivity index (χ2n) is 9.79. The largest absolute Gasteiger partial charge is 0.370 e. The maximum atomic E-state index is 4.64. The Morgan fingerprint density at radius 3 is 2.53 bits per heavy atom. The first-order chi connectivity index (χ1) is 17.3. The van der Waals surface area contributed by atoms with Crippen molar-refractivity contribution in [1.82, 2.24) is 20.2 Å². The average molecular weight is 499 g/mol. The van der Waals surface area contributed by atoms with E-state index in [1.807, 2.05) is 30.7 Å². The summed E-state index contributed by atoms with van der Waals surface area (Å²) in [5, 5.41) is 13.4. The van der Waals surface area contributed by atoms with Crippen LogP contribution in [-0.4, -0.2) is 50.2 Å². The van der Waals surface area contributed by atoms with Crippen molar-refractivity contribution in [3.05, 3.63) is 67.3 Å². The summed E-state index contributed by atoms with van der Waals surface area (Å²) in [7, 11) is -1.42. The molecular weight excluding hydrogens is 464 g/mol. The van der Waals surface area contributed by atoms with Crippen molar-refractivity contribution in [1.29, 1.82) is 0 Å². The van der Waals surface area contributed by atoms with Crippen LogP contribution < -0.4 is 10.2 Å². The number of rotatable bonds is 7. The molecule has 0 aliphatic carbocycles. The summed E-state index contributed by atoms with van der Waals surface area (Å²) < 4.78 is 0. The van der Waals surface area contributed by atoms with E-state index < -0.39 is 9.21 Å². The first-order valence-electron chi connectivity index (χ1n) is 12.4. The molecule has 1 aromatic carbocycles. The van der Waals surface area contributed by atoms with Gasteiger partial charge in [0.15, 0.2) is 0 Å². The van der Waals surface area contributed by atoms with Crippen molar-refractivity contribution in [2.24, 2.45) is 0 Å². The number of pyridine rings is 2. The summed E-state index contributed by atoms with van der Waals surface area (Å²) in [6.45, 7) is 10.7. The number of hydrogen-bond donors (Lipinski definition) is 2. The van der Waals surface area contributed by atoms with Gasteiger partial charge in [-0.05, 0) is 60.4 Å². The van der Waals surface area contributed by atoms with Gasteiger partial charge < -0.3 is 10.2 Å². The lowest BCUT2D eigenvalue weighted by molar-refractivity contribution is 0.577. The molecule has 0 spiro atoms. The van der Waals surface area contributed by atoms with E-state index in [9.17, 15) is 0 Å². The molecule has 1 aliphatic heterocycles. The van der Waals surface area contributed by atoms with Crippen LogP contribution in [0.25, 0.3) is 27.7 Å². The van der Waals surface area contributed by atoms with E-state index in [0.29, 0.717) is 10.9 Å². The van der Waals surface area contributed by atoms with Gasteiger partial charge in [0.1, 0.15) is 5.69 Å². The minimum absolute atomic E-state index is 0.360. The number of benzene rings is 1. The summed E-state index contributed by atoms with van der Waals surface area (Å²) in [5.74, 6) is 8.64. The maximum Gasteiger partial charge on any atom is 0.116 e. The van der Waals surface area contributed by atoms with Crippen molar-refractivity contribution in [3.8, 4) is 11.1 Å². The van der Waals surface area contributed by atoms with Gasteiger partial charge >= 0.3 is 0 Å². The molecule has 4 aromatic rings. The lowest BCUT2D eigenvalue weighted by Gasteiger charge is -2.28. The van der Waals surface area contributed by atoms with Crippen LogP contribution in [0.1, 0.15) is 38.8 Å². The number of hydrogen-bond acceptors (Lipinski definition) is 5. The van der Waals surface area contributed by atoms with Gasteiger partial charge in [-0.2, -0.15) is 14.3 Å². The molecular formula is C29H34N6S. The third-order valence-corrected chi connectivity index (χ3v) is 9.86. The Balaban J connectivity index is 1.39. The Bertz CT molecular complexity index is 1490. The number of fused-ring (bicyclic) bond motifs is 1. The second kappa shape index (κ2) is 9.82. The molecule has 1 fully saturated rings. The average Bonchev–Trinajstić information content (AvgIpc) is 3.33. The molecule has 0 unspecified atom stereocenters. The molecule has 4 heterocycles. The highest BCUT2D eigenvalue weighted by atomic mass is 32.2. The SMILES string of the molecule is C=C(Nc1ccc(S(=C)(=C)C(C)C)nc1)c1n[nH]c2ccc(-c3cncc(N4CCCCC4)c3)cc12. The minimum atomic E-state index is -1.42. The van der Waals surface area contributed by atoms with Crippen LogP contribution in [0.4, 0.5) is 11.4 Å². The van der Waals surface area contributed by atoms with Crippen LogP contribution >= 0.6 is 9.21 Å². The van der Waals surface area contributed by atoms with Crippen molar-refractivity contribution in [2.45, 2.75) is 43.4 Å². The molecule has 6 nitrogen and oxygen atoms in total. The Morgan fingerprint density at radius 2 is 1.81 bits per heavy atom. The molecule has 0 radical (unpaired) electrons. The molecule has 7 heteroatoms. The fourth-order valence-corrected chi connectivity index (χ4v) is 5.59. The molecule has 5 rings (SSSR count). The number of piperidine rings is 1. The summed E-state index contributed by atoms with van der Waals surface area (Å²) in [6.07, 6.45) is 9.52. The zero-order valence-corrected chi connectivity index (χ0v) is 21.9. The zero-order chi connectivity index (χ0) is 25.3. The Morgan fingerprint density at radius 1 is 1.00 bits per heavy atom. The highest BCUT2D eigenvalue weighted by Crippen LogP contribution is 2.36. The van der Waals surface area contributed by atoms with Crippen LogP contribution in [0, 0.1) is 0 Å². The predicted octanol–water partition coefficient (Wildman–Crippen LogP) is 6.53. The highest BCUT2D eigenvalue weighted by molar-refractivity contribution is 8.28. The van der Waals surface area contributed by atoms with Gasteiger partial charge in [0.2, 0.25) is 0 Å². The molecule has 186 valence electrons. The standard InChI is InChI=1S/C29H34N6S/c1-20(2)36(4,5)28-12-10-24(18-31-28)32-21(3)29-26-16-22(9-11-27(26)33-34-29)23-15-25(19-30-17-23)35-13-7-6-8-14-35/h9-12,15-20,32H,3-8,13-14H2,1-2H3,(H,33,34). The number of nitrogens with one attached hydrogen (secondary N) is 2. The number of anilines is 2. The van der Waals surface area contributed by atoms with Gasteiger partial charge in [0.05, 0.1) is 40.0 Å². The van der Waals surface area contributed by atoms with Gasteiger partial charge in [0, 0.05) is 30.2 Å². The predicted molar refractivity (Wildman–Crippen MR) is 158 cm³/mol. The lowest BCUT2D eigenvalue weighted by atomic mass is 10.0. The Kier molecular flexibility index (Phi) is 6.58. The molecule has 1 aliphatic rings. The number of nitrogens with zero attached hydrogens (tertiary/aromatic N) is 4. The normalized spacial score (nSPS) is 14.4. The van der Waals surface area contributed by atoms with Crippen molar-refractivity contribution in [3.63, 3.8) is 0 Å². The number of aromatic nitrogens is 4. The van der Waals surface area contributed by atoms with Crippen molar-refractivity contribution >= 4 is 48.9 Å². The van der Waals surface area contributed by atoms with Crippen molar-refractivity contribution in [2.75, 3.05) is 23.3 Å². The monoisotopic (exact) mass is 498 g/mol. The molecule has 2 N–H and O–H groups in total. The fourth-order valence-electron chi connectivity index (χ4n) is 4.50. The van der Waals surface area contributed by atoms with E-state index in [2.05, 4.69) is 86.8 Å². The van der Waals surface area contributed by atoms with E-state index in [-0.39, 0.29) is 0 Å². The third kappa shape index (κ3) is 4.75. The van der Waals surface area contributed by atoms with Crippen LogP contribution in [-0.2, 0) is 0 Å². The quantitative estimate of drug-likeness (QED) is 0.284. The van der Waals surface area contributed by atoms with Gasteiger partial charge in [-0.15, -0.1) is 0 Å². The van der Waals surface area contributed by atoms with Gasteiger partial charge in [-0.25, -0.2) is 4.98 Å². The van der Waals surface area contributed by atoms with Crippen LogP contribution in [0.2, 0.25) is 0 Å². The first-order valence-corrected chi connectivity index (χ1v) is 14.5. The zero-order valence-electron chi connectivity index (χ0n) is 21.1. The van der Waals surface area contributed by atoms with Gasteiger partial charge in [-0.1, -0.05) is 38.2 Å². The molecule has 0 saturated carbocycles. The summed E-state index contributed by atoms with van der Waals surface area (Å²) in [5.41, 5.74) is 6.71. The second-order valence-corrected chi connectivity index (χ2v) is 13.0. The van der Waals surface area contributed by atoms with Crippen LogP contribution in [0.15, 0.2) is 66.6 Å². The highest BCUT2D eigenvalue weighted by Gasteiger charge is 2.15. The van der Waals surface area contributed by atoms with Crippen molar-refractivity contribution < 1.29 is 0 Å². The van der Waals surface area contributed by atoms with E-state index in [1.165, 1.54) is 24.9 Å². The molecule has 0 amide bonds. The Hall–Kier alpha value is -3.58. The van der Waals surface area contributed by atoms with Crippen LogP contribution in [0.3, 0.4) is 0 Å². The summed E-state index contributed by atoms with van der Waals surface area (Å²) >= 11 is 0. The van der Waals surface area contributed by atoms with E-state index in [4.69, 9.17) is 0 Å². The molecule has 3 aromatic heterocycles. The van der Waals surface area contributed by atoms with E-state index in [1.54, 1.807) is 0 Å². The van der Waals surface area contributed by atoms with Gasteiger partial charge in [-0.3, -0.25) is 10.1 Å². The molecule has 0 atom stereocenters. The smallest absolute Gasteiger partial charge is 0.116 e. The van der Waals surface area contributed by atoms with E-state index in [0.717, 1.165) is 51.5 Å². The number of H-pyrrole nitrogens is 1. The molecule has 0 bridgehead atoms. The number of aromatic amines is 1. The molecule has 36 heavy (non-hydrogen) atoms. The fraction of sp³-hybridized carbons (Fsp3) is 0.276. The third-order valence-electron chi connectivity index (χ3n) is 6.98. The lowest BCUT2D eigenvalue weighted by Crippen LogP contribution is -2.29.